The third-order valence-electron chi connectivity index (χ3n) is 0.458. The van der Waals surface area contributed by atoms with Crippen molar-refractivity contribution in [3.05, 3.63) is 12.3 Å². The van der Waals surface area contributed by atoms with Crippen LogP contribution in [0.3, 0.4) is 0 Å². The molecule has 0 aliphatic heterocycles. The molecule has 0 unspecified atom stereocenters. The number of alkyl halides is 2. The number of hydrogen-bond acceptors (Lipinski definition) is 2. The van der Waals surface area contributed by atoms with Crippen LogP contribution < -0.4 is 0 Å². The maximum atomic E-state index is 10.1. The van der Waals surface area contributed by atoms with Crippen molar-refractivity contribution in [1.82, 2.24) is 0 Å². The van der Waals surface area contributed by atoms with Crippen LogP contribution in [-0.2, 0) is 9.53 Å². The summed E-state index contributed by atoms with van der Waals surface area (Å²) in [7, 11) is 0. The average molecular weight is 169 g/mol. The number of hydrogen-bond donors (Lipinski definition) is 0. The highest BCUT2D eigenvalue weighted by Crippen LogP contribution is 2.01. The topological polar surface area (TPSA) is 26.3 Å². The van der Waals surface area contributed by atoms with Crippen LogP contribution in [0.15, 0.2) is 12.3 Å². The molecule has 0 heterocycles. The quantitative estimate of drug-likeness (QED) is 0.358. The van der Waals surface area contributed by atoms with E-state index in [1.165, 1.54) is 13.0 Å². The van der Waals surface area contributed by atoms with Gasteiger partial charge in [0, 0.05) is 6.92 Å². The molecule has 0 radical (unpaired) electrons. The molecule has 0 saturated carbocycles. The van der Waals surface area contributed by atoms with Crippen molar-refractivity contribution in [2.75, 3.05) is 0 Å². The lowest BCUT2D eigenvalue weighted by Gasteiger charge is -1.90. The van der Waals surface area contributed by atoms with Gasteiger partial charge in [0.25, 0.3) is 0 Å². The zero-order valence-corrected chi connectivity index (χ0v) is 6.32. The lowest BCUT2D eigenvalue weighted by Crippen LogP contribution is -1.90. The normalized spacial score (nSPS) is 10.7. The minimum atomic E-state index is -0.621. The molecule has 0 bridgehead atoms. The molecule has 0 rings (SSSR count). The summed E-state index contributed by atoms with van der Waals surface area (Å²) in [4.78, 5) is 9.44. The van der Waals surface area contributed by atoms with Crippen LogP contribution in [0.5, 0.6) is 0 Å². The van der Waals surface area contributed by atoms with Crippen molar-refractivity contribution < 1.29 is 9.53 Å². The first-order chi connectivity index (χ1) is 4.13. The second-order valence-corrected chi connectivity index (χ2v) is 2.44. The third kappa shape index (κ3) is 7.79. The smallest absolute Gasteiger partial charge is 0.307 e. The Hall–Kier alpha value is -0.210. The molecule has 0 aromatic rings. The Morgan fingerprint density at radius 3 is 2.56 bits per heavy atom. The van der Waals surface area contributed by atoms with Crippen LogP contribution in [0.2, 0.25) is 0 Å². The Bertz CT molecular complexity index is 120. The van der Waals surface area contributed by atoms with Gasteiger partial charge in [-0.3, -0.25) is 4.79 Å². The molecule has 52 valence electrons. The fourth-order valence-electron chi connectivity index (χ4n) is 0.194. The molecule has 0 aromatic carbocycles. The molecular weight excluding hydrogens is 163 g/mol. The summed E-state index contributed by atoms with van der Waals surface area (Å²) in [5, 5.41) is 0. The molecule has 9 heavy (non-hydrogen) atoms. The molecular formula is C5H6Cl2O2. The molecule has 0 fully saturated rings. The van der Waals surface area contributed by atoms with E-state index in [0.29, 0.717) is 0 Å². The Morgan fingerprint density at radius 2 is 2.22 bits per heavy atom. The lowest BCUT2D eigenvalue weighted by atomic mass is 10.7. The highest BCUT2D eigenvalue weighted by molar-refractivity contribution is 6.45. The minimum absolute atomic E-state index is 0.389. The summed E-state index contributed by atoms with van der Waals surface area (Å²) >= 11 is 10.5. The van der Waals surface area contributed by atoms with Gasteiger partial charge >= 0.3 is 5.97 Å². The highest BCUT2D eigenvalue weighted by atomic mass is 35.5. The van der Waals surface area contributed by atoms with Crippen LogP contribution in [-0.4, -0.2) is 10.8 Å². The Morgan fingerprint density at radius 1 is 1.67 bits per heavy atom. The largest absolute Gasteiger partial charge is 0.435 e. The molecule has 0 spiro atoms. The number of allylic oxidation sites excluding steroid dienone is 1. The summed E-state index contributed by atoms with van der Waals surface area (Å²) in [6.45, 7) is 1.29. The van der Waals surface area contributed by atoms with Gasteiger partial charge in [-0.05, 0) is 6.08 Å². The van der Waals surface area contributed by atoms with Crippen molar-refractivity contribution >= 4 is 29.2 Å². The van der Waals surface area contributed by atoms with Crippen LogP contribution in [0.25, 0.3) is 0 Å². The minimum Gasteiger partial charge on any atom is -0.435 e. The van der Waals surface area contributed by atoms with Gasteiger partial charge in [-0.15, -0.1) is 23.2 Å². The molecule has 2 nitrogen and oxygen atoms in total. The first-order valence-corrected chi connectivity index (χ1v) is 3.12. The number of carbonyl (C=O) groups is 1. The second-order valence-electron chi connectivity index (χ2n) is 1.27. The molecule has 0 amide bonds. The molecule has 0 aromatic heterocycles. The van der Waals surface area contributed by atoms with Gasteiger partial charge in [-0.1, -0.05) is 0 Å². The number of ether oxygens (including phenoxy) is 1. The van der Waals surface area contributed by atoms with Crippen LogP contribution in [0, 0.1) is 0 Å². The van der Waals surface area contributed by atoms with Gasteiger partial charge in [-0.25, -0.2) is 0 Å². The molecule has 4 heteroatoms. The molecule has 0 atom stereocenters. The maximum absolute atomic E-state index is 10.1. The van der Waals surface area contributed by atoms with Crippen LogP contribution in [0.1, 0.15) is 6.92 Å². The van der Waals surface area contributed by atoms with Crippen LogP contribution in [0.4, 0.5) is 0 Å². The summed E-state index contributed by atoms with van der Waals surface area (Å²) in [6.07, 6.45) is 2.51. The van der Waals surface area contributed by atoms with E-state index in [9.17, 15) is 4.79 Å². The molecule has 0 aliphatic rings. The van der Waals surface area contributed by atoms with E-state index in [0.717, 1.165) is 6.26 Å². The first-order valence-electron chi connectivity index (χ1n) is 2.25. The van der Waals surface area contributed by atoms with Gasteiger partial charge in [0.1, 0.15) is 4.84 Å². The van der Waals surface area contributed by atoms with E-state index in [-0.39, 0.29) is 5.97 Å². The number of rotatable bonds is 2. The van der Waals surface area contributed by atoms with Gasteiger partial charge < -0.3 is 4.74 Å². The summed E-state index contributed by atoms with van der Waals surface area (Å²) in [6, 6.07) is 0. The monoisotopic (exact) mass is 168 g/mol. The van der Waals surface area contributed by atoms with Crippen molar-refractivity contribution in [2.24, 2.45) is 0 Å². The second kappa shape index (κ2) is 4.65. The zero-order chi connectivity index (χ0) is 7.28. The van der Waals surface area contributed by atoms with Crippen molar-refractivity contribution in [3.8, 4) is 0 Å². The fourth-order valence-corrected chi connectivity index (χ4v) is 0.313. The molecule has 0 saturated heterocycles. The van der Waals surface area contributed by atoms with E-state index < -0.39 is 4.84 Å². The Kier molecular flexibility index (Phi) is 4.54. The van der Waals surface area contributed by atoms with Gasteiger partial charge in [0.2, 0.25) is 0 Å². The summed E-state index contributed by atoms with van der Waals surface area (Å²) < 4.78 is 4.36. The van der Waals surface area contributed by atoms with E-state index in [2.05, 4.69) is 4.74 Å². The maximum Gasteiger partial charge on any atom is 0.307 e. The number of halogens is 2. The van der Waals surface area contributed by atoms with Crippen molar-refractivity contribution in [1.29, 1.82) is 0 Å². The predicted octanol–water partition coefficient (Wildman–Crippen LogP) is 1.87. The number of esters is 1. The standard InChI is InChI=1S/C5H6Cl2O2/c1-4(8)9-3-2-5(6)7/h2-3,5H,1H3. The van der Waals surface area contributed by atoms with Crippen LogP contribution >= 0.6 is 23.2 Å². The third-order valence-corrected chi connectivity index (χ3v) is 0.749. The van der Waals surface area contributed by atoms with E-state index >= 15 is 0 Å². The molecule has 0 aliphatic carbocycles. The van der Waals surface area contributed by atoms with Crippen molar-refractivity contribution in [2.45, 2.75) is 11.8 Å². The number of carbonyl (C=O) groups excluding carboxylic acids is 1. The first kappa shape index (κ1) is 8.79. The van der Waals surface area contributed by atoms with Crippen molar-refractivity contribution in [3.63, 3.8) is 0 Å². The van der Waals surface area contributed by atoms with E-state index in [1.54, 1.807) is 0 Å². The SMILES string of the molecule is CC(=O)OC=CC(Cl)Cl. The fraction of sp³-hybridized carbons (Fsp3) is 0.400. The molecule has 0 N–H and O–H groups in total. The van der Waals surface area contributed by atoms with E-state index in [4.69, 9.17) is 23.2 Å². The zero-order valence-electron chi connectivity index (χ0n) is 4.80. The Labute approximate surface area is 63.4 Å². The van der Waals surface area contributed by atoms with E-state index in [1.807, 2.05) is 0 Å². The van der Waals surface area contributed by atoms with Gasteiger partial charge in [-0.2, -0.15) is 0 Å². The van der Waals surface area contributed by atoms with Gasteiger partial charge in [0.15, 0.2) is 0 Å². The average Bonchev–Trinajstić information content (AvgIpc) is 1.63. The summed E-state index contributed by atoms with van der Waals surface area (Å²) in [5.74, 6) is -0.389. The van der Waals surface area contributed by atoms with Gasteiger partial charge in [0.05, 0.1) is 6.26 Å². The predicted molar refractivity (Wildman–Crippen MR) is 36.4 cm³/mol. The lowest BCUT2D eigenvalue weighted by molar-refractivity contribution is -0.135. The Balaban J connectivity index is 3.36. The summed E-state index contributed by atoms with van der Waals surface area (Å²) in [5.41, 5.74) is 0. The highest BCUT2D eigenvalue weighted by Gasteiger charge is 1.89.